The predicted molar refractivity (Wildman–Crippen MR) is 51.5 cm³/mol. The number of rotatable bonds is 3. The average Bonchev–Trinajstić information content (AvgIpc) is 2.29. The third-order valence-electron chi connectivity index (χ3n) is 2.17. The molecule has 2 heteroatoms. The average molecular weight is 169 g/mol. The highest BCUT2D eigenvalue weighted by atomic mass is 16.5. The van der Waals surface area contributed by atoms with Crippen molar-refractivity contribution < 1.29 is 4.74 Å². The van der Waals surface area contributed by atoms with Gasteiger partial charge < -0.3 is 4.74 Å². The third kappa shape index (κ3) is 2.23. The lowest BCUT2D eigenvalue weighted by molar-refractivity contribution is 0.203. The Morgan fingerprint density at radius 1 is 1.50 bits per heavy atom. The summed E-state index contributed by atoms with van der Waals surface area (Å²) in [7, 11) is 0. The van der Waals surface area contributed by atoms with Crippen molar-refractivity contribution in [3.05, 3.63) is 0 Å². The van der Waals surface area contributed by atoms with Gasteiger partial charge in [-0.15, -0.1) is 0 Å². The molecule has 0 aliphatic carbocycles. The molecule has 0 saturated heterocycles. The van der Waals surface area contributed by atoms with E-state index in [-0.39, 0.29) is 0 Å². The van der Waals surface area contributed by atoms with Crippen molar-refractivity contribution in [3.8, 4) is 0 Å². The quantitative estimate of drug-likeness (QED) is 0.636. The summed E-state index contributed by atoms with van der Waals surface area (Å²) >= 11 is 0. The van der Waals surface area contributed by atoms with Gasteiger partial charge in [0, 0.05) is 6.42 Å². The number of ether oxygens (including phenoxy) is 1. The summed E-state index contributed by atoms with van der Waals surface area (Å²) in [6, 6.07) is 0.402. The Bertz CT molecular complexity index is 175. The highest BCUT2D eigenvalue weighted by Crippen LogP contribution is 2.19. The zero-order chi connectivity index (χ0) is 9.14. The van der Waals surface area contributed by atoms with E-state index >= 15 is 0 Å². The van der Waals surface area contributed by atoms with Gasteiger partial charge in [0.05, 0.1) is 6.04 Å². The Balaban J connectivity index is 2.47. The maximum atomic E-state index is 5.63. The standard InChI is InChI=1S/C10H19NO/c1-5-9-8(4)12-10(11-9)6-7(2)3/h7-9H,5-6H2,1-4H3. The van der Waals surface area contributed by atoms with E-state index in [4.69, 9.17) is 4.74 Å². The molecule has 2 unspecified atom stereocenters. The third-order valence-corrected chi connectivity index (χ3v) is 2.17. The van der Waals surface area contributed by atoms with Crippen LogP contribution in [0.5, 0.6) is 0 Å². The van der Waals surface area contributed by atoms with Gasteiger partial charge in [0.2, 0.25) is 0 Å². The molecule has 0 radical (unpaired) electrons. The van der Waals surface area contributed by atoms with Crippen molar-refractivity contribution in [1.29, 1.82) is 0 Å². The second kappa shape index (κ2) is 3.92. The van der Waals surface area contributed by atoms with E-state index in [0.29, 0.717) is 18.1 Å². The van der Waals surface area contributed by atoms with E-state index in [1.807, 2.05) is 0 Å². The van der Waals surface area contributed by atoms with Crippen LogP contribution in [0.3, 0.4) is 0 Å². The molecule has 0 fully saturated rings. The monoisotopic (exact) mass is 169 g/mol. The fourth-order valence-electron chi connectivity index (χ4n) is 1.49. The summed E-state index contributed by atoms with van der Waals surface area (Å²) in [6.07, 6.45) is 2.37. The fraction of sp³-hybridized carbons (Fsp3) is 0.900. The predicted octanol–water partition coefficient (Wildman–Crippen LogP) is 2.63. The minimum atomic E-state index is 0.295. The van der Waals surface area contributed by atoms with Crippen molar-refractivity contribution in [1.82, 2.24) is 0 Å². The number of nitrogens with zero attached hydrogens (tertiary/aromatic N) is 1. The molecule has 0 amide bonds. The lowest BCUT2D eigenvalue weighted by atomic mass is 10.1. The fourth-order valence-corrected chi connectivity index (χ4v) is 1.49. The first-order valence-electron chi connectivity index (χ1n) is 4.86. The first-order valence-corrected chi connectivity index (χ1v) is 4.86. The smallest absolute Gasteiger partial charge is 0.184 e. The molecular weight excluding hydrogens is 150 g/mol. The zero-order valence-electron chi connectivity index (χ0n) is 8.50. The van der Waals surface area contributed by atoms with Crippen molar-refractivity contribution in [2.24, 2.45) is 10.9 Å². The molecule has 0 aromatic rings. The molecule has 0 bridgehead atoms. The Kier molecular flexibility index (Phi) is 3.12. The van der Waals surface area contributed by atoms with Crippen LogP contribution in [-0.2, 0) is 4.74 Å². The second-order valence-corrected chi connectivity index (χ2v) is 3.92. The first kappa shape index (κ1) is 9.56. The van der Waals surface area contributed by atoms with Crippen molar-refractivity contribution in [2.75, 3.05) is 0 Å². The van der Waals surface area contributed by atoms with Crippen LogP contribution in [0, 0.1) is 5.92 Å². The van der Waals surface area contributed by atoms with Crippen molar-refractivity contribution in [3.63, 3.8) is 0 Å². The van der Waals surface area contributed by atoms with E-state index in [1.165, 1.54) is 0 Å². The van der Waals surface area contributed by atoms with E-state index in [0.717, 1.165) is 18.7 Å². The van der Waals surface area contributed by atoms with E-state index in [9.17, 15) is 0 Å². The van der Waals surface area contributed by atoms with Crippen LogP contribution >= 0.6 is 0 Å². The zero-order valence-corrected chi connectivity index (χ0v) is 8.50. The van der Waals surface area contributed by atoms with Gasteiger partial charge in [0.1, 0.15) is 6.10 Å². The summed E-state index contributed by atoms with van der Waals surface area (Å²) in [6.45, 7) is 8.64. The minimum absolute atomic E-state index is 0.295. The lowest BCUT2D eigenvalue weighted by Crippen LogP contribution is -2.17. The first-order chi connectivity index (χ1) is 5.63. The van der Waals surface area contributed by atoms with Crippen LogP contribution in [0.1, 0.15) is 40.5 Å². The topological polar surface area (TPSA) is 21.6 Å². The van der Waals surface area contributed by atoms with Gasteiger partial charge >= 0.3 is 0 Å². The molecule has 2 nitrogen and oxygen atoms in total. The van der Waals surface area contributed by atoms with Gasteiger partial charge in [-0.05, 0) is 19.3 Å². The highest BCUT2D eigenvalue weighted by Gasteiger charge is 2.25. The van der Waals surface area contributed by atoms with E-state index < -0.39 is 0 Å². The van der Waals surface area contributed by atoms with Crippen LogP contribution < -0.4 is 0 Å². The van der Waals surface area contributed by atoms with Crippen LogP contribution in [0.15, 0.2) is 4.99 Å². The van der Waals surface area contributed by atoms with Gasteiger partial charge in [0.25, 0.3) is 0 Å². The van der Waals surface area contributed by atoms with E-state index in [1.54, 1.807) is 0 Å². The molecule has 12 heavy (non-hydrogen) atoms. The van der Waals surface area contributed by atoms with Gasteiger partial charge in [0.15, 0.2) is 5.90 Å². The molecule has 0 aromatic heterocycles. The van der Waals surface area contributed by atoms with E-state index in [2.05, 4.69) is 32.7 Å². The summed E-state index contributed by atoms with van der Waals surface area (Å²) in [5, 5.41) is 0. The highest BCUT2D eigenvalue weighted by molar-refractivity contribution is 5.78. The normalized spacial score (nSPS) is 28.9. The molecule has 1 aliphatic rings. The molecule has 70 valence electrons. The van der Waals surface area contributed by atoms with Crippen molar-refractivity contribution in [2.45, 2.75) is 52.7 Å². The molecule has 0 spiro atoms. The molecule has 1 rings (SSSR count). The molecule has 1 aliphatic heterocycles. The summed E-state index contributed by atoms with van der Waals surface area (Å²) in [4.78, 5) is 4.52. The van der Waals surface area contributed by atoms with Gasteiger partial charge in [-0.25, -0.2) is 4.99 Å². The summed E-state index contributed by atoms with van der Waals surface area (Å²) in [5.41, 5.74) is 0. The second-order valence-electron chi connectivity index (χ2n) is 3.92. The Morgan fingerprint density at radius 2 is 2.17 bits per heavy atom. The number of hydrogen-bond acceptors (Lipinski definition) is 2. The van der Waals surface area contributed by atoms with Crippen LogP contribution in [0.2, 0.25) is 0 Å². The molecule has 0 aromatic carbocycles. The lowest BCUT2D eigenvalue weighted by Gasteiger charge is -2.10. The molecule has 0 N–H and O–H groups in total. The summed E-state index contributed by atoms with van der Waals surface area (Å²) in [5.74, 6) is 1.61. The van der Waals surface area contributed by atoms with Crippen LogP contribution in [0.4, 0.5) is 0 Å². The van der Waals surface area contributed by atoms with Crippen molar-refractivity contribution >= 4 is 5.90 Å². The van der Waals surface area contributed by atoms with Gasteiger partial charge in [-0.1, -0.05) is 20.8 Å². The van der Waals surface area contributed by atoms with Crippen LogP contribution in [-0.4, -0.2) is 18.0 Å². The minimum Gasteiger partial charge on any atom is -0.476 e. The van der Waals surface area contributed by atoms with Crippen LogP contribution in [0.25, 0.3) is 0 Å². The summed E-state index contributed by atoms with van der Waals surface area (Å²) < 4.78 is 5.63. The maximum Gasteiger partial charge on any atom is 0.184 e. The SMILES string of the molecule is CCC1N=C(CC(C)C)OC1C. The molecular formula is C10H19NO. The van der Waals surface area contributed by atoms with Gasteiger partial charge in [-0.3, -0.25) is 0 Å². The number of hydrogen-bond donors (Lipinski definition) is 0. The Morgan fingerprint density at radius 3 is 2.58 bits per heavy atom. The molecule has 1 heterocycles. The maximum absolute atomic E-state index is 5.63. The van der Waals surface area contributed by atoms with Gasteiger partial charge in [-0.2, -0.15) is 0 Å². The molecule has 2 atom stereocenters. The Hall–Kier alpha value is -0.530. The number of aliphatic imine (C=N–C) groups is 1. The largest absolute Gasteiger partial charge is 0.476 e. The molecule has 0 saturated carbocycles. The Labute approximate surface area is 75.0 Å².